The Morgan fingerprint density at radius 3 is 2.45 bits per heavy atom. The third-order valence-electron chi connectivity index (χ3n) is 5.11. The van der Waals surface area contributed by atoms with Gasteiger partial charge in [-0.05, 0) is 67.8 Å². The monoisotopic (exact) mass is 518 g/mol. The summed E-state index contributed by atoms with van der Waals surface area (Å²) in [7, 11) is -3.72. The molecule has 1 aromatic heterocycles. The molecule has 1 N–H and O–H groups in total. The first-order valence-electron chi connectivity index (χ1n) is 10.1. The van der Waals surface area contributed by atoms with Crippen LogP contribution in [0.1, 0.15) is 22.2 Å². The van der Waals surface area contributed by atoms with Crippen molar-refractivity contribution in [1.82, 2.24) is 0 Å². The highest BCUT2D eigenvalue weighted by molar-refractivity contribution is 7.92. The lowest BCUT2D eigenvalue weighted by Gasteiger charge is -2.23. The molecule has 5 nitrogen and oxygen atoms in total. The van der Waals surface area contributed by atoms with Crippen molar-refractivity contribution in [3.8, 4) is 0 Å². The van der Waals surface area contributed by atoms with Gasteiger partial charge in [-0.1, -0.05) is 47.0 Å². The number of fused-ring (bicyclic) bond motifs is 1. The third-order valence-corrected chi connectivity index (χ3v) is 8.96. The van der Waals surface area contributed by atoms with Gasteiger partial charge in [-0.25, -0.2) is 8.42 Å². The second-order valence-corrected chi connectivity index (χ2v) is 11.1. The number of nitrogens with zero attached hydrogens (tertiary/aromatic N) is 1. The molecule has 0 aliphatic heterocycles. The number of hydrogen-bond donors (Lipinski definition) is 1. The van der Waals surface area contributed by atoms with E-state index < -0.39 is 10.0 Å². The molecule has 0 radical (unpaired) electrons. The summed E-state index contributed by atoms with van der Waals surface area (Å²) in [6.45, 7) is 3.97. The molecule has 1 amide bonds. The first-order valence-corrected chi connectivity index (χ1v) is 13.1. The number of sulfonamides is 1. The van der Waals surface area contributed by atoms with Crippen molar-refractivity contribution < 1.29 is 13.2 Å². The van der Waals surface area contributed by atoms with Gasteiger partial charge in [0.15, 0.2) is 0 Å². The smallest absolute Gasteiger partial charge is 0.265 e. The summed E-state index contributed by atoms with van der Waals surface area (Å²) >= 11 is 13.5. The van der Waals surface area contributed by atoms with Gasteiger partial charge >= 0.3 is 0 Å². The van der Waals surface area contributed by atoms with E-state index in [4.69, 9.17) is 23.2 Å². The van der Waals surface area contributed by atoms with E-state index in [-0.39, 0.29) is 22.4 Å². The predicted molar refractivity (Wildman–Crippen MR) is 138 cm³/mol. The Morgan fingerprint density at radius 1 is 1.03 bits per heavy atom. The van der Waals surface area contributed by atoms with E-state index in [9.17, 15) is 13.2 Å². The summed E-state index contributed by atoms with van der Waals surface area (Å²) < 4.78 is 28.7. The van der Waals surface area contributed by atoms with E-state index in [1.807, 2.05) is 13.0 Å². The second kappa shape index (κ2) is 9.35. The fraction of sp³-hybridized carbons (Fsp3) is 0.125. The number of aryl methyl sites for hydroxylation is 1. The maximum Gasteiger partial charge on any atom is 0.265 e. The number of amides is 1. The van der Waals surface area contributed by atoms with Crippen molar-refractivity contribution in [3.05, 3.63) is 87.2 Å². The van der Waals surface area contributed by atoms with Crippen molar-refractivity contribution in [1.29, 1.82) is 0 Å². The van der Waals surface area contributed by atoms with Gasteiger partial charge in [0.25, 0.3) is 15.9 Å². The predicted octanol–water partition coefficient (Wildman–Crippen LogP) is 6.98. The maximum atomic E-state index is 13.2. The Kier molecular flexibility index (Phi) is 6.68. The van der Waals surface area contributed by atoms with Crippen LogP contribution < -0.4 is 9.62 Å². The fourth-order valence-electron chi connectivity index (χ4n) is 3.41. The molecule has 4 aromatic rings. The number of hydrogen-bond acceptors (Lipinski definition) is 4. The SMILES string of the molecule is CCN(c1ccc2sc(C(=O)Nc3cccc(Cl)c3Cl)cc2c1)S(=O)(=O)c1ccc(C)cc1. The van der Waals surface area contributed by atoms with Crippen LogP contribution in [0.2, 0.25) is 10.0 Å². The van der Waals surface area contributed by atoms with Gasteiger partial charge in [0.2, 0.25) is 0 Å². The summed E-state index contributed by atoms with van der Waals surface area (Å²) in [6, 6.07) is 18.9. The Balaban J connectivity index is 1.65. The fourth-order valence-corrected chi connectivity index (χ4v) is 6.16. The summed E-state index contributed by atoms with van der Waals surface area (Å²) in [6.07, 6.45) is 0. The lowest BCUT2D eigenvalue weighted by atomic mass is 10.2. The highest BCUT2D eigenvalue weighted by Gasteiger charge is 2.24. The van der Waals surface area contributed by atoms with Gasteiger partial charge in [0.05, 0.1) is 31.2 Å². The Labute approximate surface area is 206 Å². The molecular formula is C24H20Cl2N2O3S2. The first-order chi connectivity index (χ1) is 15.7. The van der Waals surface area contributed by atoms with E-state index in [1.165, 1.54) is 15.6 Å². The normalized spacial score (nSPS) is 11.5. The number of nitrogens with one attached hydrogen (secondary N) is 1. The maximum absolute atomic E-state index is 13.2. The largest absolute Gasteiger partial charge is 0.320 e. The van der Waals surface area contributed by atoms with Crippen molar-refractivity contribution >= 4 is 71.9 Å². The summed E-state index contributed by atoms with van der Waals surface area (Å²) in [5, 5.41) is 4.18. The minimum atomic E-state index is -3.72. The molecule has 0 saturated heterocycles. The third kappa shape index (κ3) is 4.73. The number of carbonyl (C=O) groups excluding carboxylic acids is 1. The molecule has 1 heterocycles. The number of halogens is 2. The van der Waals surface area contributed by atoms with Crippen molar-refractivity contribution in [2.75, 3.05) is 16.2 Å². The van der Waals surface area contributed by atoms with Gasteiger partial charge in [0, 0.05) is 11.2 Å². The molecule has 0 aliphatic rings. The minimum absolute atomic E-state index is 0.235. The van der Waals surface area contributed by atoms with E-state index in [0.717, 1.165) is 15.6 Å². The zero-order valence-electron chi connectivity index (χ0n) is 17.8. The molecule has 0 atom stereocenters. The second-order valence-electron chi connectivity index (χ2n) is 7.37. The topological polar surface area (TPSA) is 66.5 Å². The minimum Gasteiger partial charge on any atom is -0.320 e. The van der Waals surface area contributed by atoms with Crippen LogP contribution in [0.15, 0.2) is 71.6 Å². The molecule has 4 rings (SSSR count). The molecule has 0 fully saturated rings. The van der Waals surface area contributed by atoms with Crippen LogP contribution in [0.3, 0.4) is 0 Å². The van der Waals surface area contributed by atoms with Crippen LogP contribution >= 0.6 is 34.5 Å². The Bertz CT molecular complexity index is 1450. The Morgan fingerprint density at radius 2 is 1.76 bits per heavy atom. The van der Waals surface area contributed by atoms with Crippen LogP contribution in [0, 0.1) is 6.92 Å². The van der Waals surface area contributed by atoms with E-state index in [1.54, 1.807) is 67.6 Å². The lowest BCUT2D eigenvalue weighted by molar-refractivity contribution is 0.103. The van der Waals surface area contributed by atoms with Gasteiger partial charge in [-0.2, -0.15) is 0 Å². The number of anilines is 2. The van der Waals surface area contributed by atoms with E-state index >= 15 is 0 Å². The van der Waals surface area contributed by atoms with Gasteiger partial charge in [0.1, 0.15) is 0 Å². The number of thiophene rings is 1. The molecule has 0 saturated carbocycles. The molecule has 170 valence electrons. The highest BCUT2D eigenvalue weighted by atomic mass is 35.5. The van der Waals surface area contributed by atoms with Gasteiger partial charge < -0.3 is 5.32 Å². The molecule has 9 heteroatoms. The zero-order chi connectivity index (χ0) is 23.8. The van der Waals surface area contributed by atoms with E-state index in [0.29, 0.717) is 21.3 Å². The average molecular weight is 519 g/mol. The molecule has 0 aliphatic carbocycles. The van der Waals surface area contributed by atoms with Crippen molar-refractivity contribution in [3.63, 3.8) is 0 Å². The van der Waals surface area contributed by atoms with Crippen molar-refractivity contribution in [2.45, 2.75) is 18.7 Å². The van der Waals surface area contributed by atoms with Crippen molar-refractivity contribution in [2.24, 2.45) is 0 Å². The van der Waals surface area contributed by atoms with Crippen LogP contribution in [-0.2, 0) is 10.0 Å². The Hall–Kier alpha value is -2.58. The average Bonchev–Trinajstić information content (AvgIpc) is 3.21. The van der Waals surface area contributed by atoms with Crippen LogP contribution in [0.4, 0.5) is 11.4 Å². The van der Waals surface area contributed by atoms with Crippen LogP contribution in [-0.4, -0.2) is 20.9 Å². The molecule has 0 spiro atoms. The summed E-state index contributed by atoms with van der Waals surface area (Å²) in [4.78, 5) is 13.5. The molecule has 33 heavy (non-hydrogen) atoms. The summed E-state index contributed by atoms with van der Waals surface area (Å²) in [5.74, 6) is -0.318. The molecule has 0 unspecified atom stereocenters. The summed E-state index contributed by atoms with van der Waals surface area (Å²) in [5.41, 5.74) is 1.95. The number of rotatable bonds is 6. The van der Waals surface area contributed by atoms with E-state index in [2.05, 4.69) is 5.32 Å². The quantitative estimate of drug-likeness (QED) is 0.299. The van der Waals surface area contributed by atoms with Crippen LogP contribution in [0.25, 0.3) is 10.1 Å². The van der Waals surface area contributed by atoms with Gasteiger partial charge in [-0.3, -0.25) is 9.10 Å². The van der Waals surface area contributed by atoms with Crippen LogP contribution in [0.5, 0.6) is 0 Å². The van der Waals surface area contributed by atoms with Gasteiger partial charge in [-0.15, -0.1) is 11.3 Å². The molecule has 0 bridgehead atoms. The molecular weight excluding hydrogens is 499 g/mol. The highest BCUT2D eigenvalue weighted by Crippen LogP contribution is 2.34. The standard InChI is InChI=1S/C24H20Cl2N2O3S2/c1-3-28(33(30,31)18-10-7-15(2)8-11-18)17-9-12-21-16(13-17)14-22(32-21)24(29)27-20-6-4-5-19(25)23(20)26/h4-14H,3H2,1-2H3,(H,27,29). The zero-order valence-corrected chi connectivity index (χ0v) is 20.9. The first kappa shape index (κ1) is 23.6. The lowest BCUT2D eigenvalue weighted by Crippen LogP contribution is -2.30. The number of benzene rings is 3. The molecule has 3 aromatic carbocycles. The number of carbonyl (C=O) groups is 1.